The number of rotatable bonds is 16. The van der Waals surface area contributed by atoms with E-state index in [9.17, 15) is 91.6 Å². The molecule has 28 heteroatoms. The smallest absolute Gasteiger partial charge is 0.217 e. The van der Waals surface area contributed by atoms with Crippen LogP contribution in [0.4, 0.5) is 0 Å². The Morgan fingerprint density at radius 1 is 0.458 bits per heavy atom. The molecule has 0 bridgehead atoms. The van der Waals surface area contributed by atoms with Gasteiger partial charge in [-0.2, -0.15) is 0 Å². The maximum Gasteiger partial charge on any atom is 0.217 e. The first kappa shape index (κ1) is 59.7. The summed E-state index contributed by atoms with van der Waals surface area (Å²) in [5.74, 6) is -2.61. The van der Waals surface area contributed by atoms with Gasteiger partial charge in [0.1, 0.15) is 122 Å². The second-order valence-corrected chi connectivity index (χ2v) is 20.9. The van der Waals surface area contributed by atoms with Crippen LogP contribution in [0.5, 0.6) is 0 Å². The van der Waals surface area contributed by atoms with Gasteiger partial charge in [-0.1, -0.05) is 27.7 Å². The summed E-state index contributed by atoms with van der Waals surface area (Å²) in [4.78, 5) is 12.8. The Bertz CT molecular complexity index is 1700. The lowest BCUT2D eigenvalue weighted by Gasteiger charge is -2.51. The van der Waals surface area contributed by atoms with Crippen LogP contribution in [-0.2, 0) is 47.4 Å². The summed E-state index contributed by atoms with van der Waals surface area (Å²) in [6, 6.07) is -1.72. The van der Waals surface area contributed by atoms with Gasteiger partial charge in [0, 0.05) is 19.4 Å². The third kappa shape index (κ3) is 12.4. The third-order valence-electron chi connectivity index (χ3n) is 14.7. The molecule has 21 unspecified atom stereocenters. The van der Waals surface area contributed by atoms with Gasteiger partial charge in [0.15, 0.2) is 18.9 Å². The van der Waals surface area contributed by atoms with Crippen LogP contribution in [0.2, 0.25) is 0 Å². The number of carbonyl (C=O) groups excluding carboxylic acids is 1. The largest absolute Gasteiger partial charge is 0.396 e. The van der Waals surface area contributed by atoms with Gasteiger partial charge in [-0.15, -0.1) is 0 Å². The zero-order chi connectivity index (χ0) is 53.4. The van der Waals surface area contributed by atoms with Crippen LogP contribution in [-0.4, -0.2) is 297 Å². The van der Waals surface area contributed by atoms with E-state index in [2.05, 4.69) is 5.32 Å². The molecule has 0 aromatic carbocycles. The molecule has 0 spiro atoms. The molecule has 72 heavy (non-hydrogen) atoms. The number of aliphatic hydroxyl groups is 17. The summed E-state index contributed by atoms with van der Waals surface area (Å²) in [6.45, 7) is 3.59. The van der Waals surface area contributed by atoms with E-state index in [0.29, 0.717) is 0 Å². The number of amides is 1. The van der Waals surface area contributed by atoms with E-state index in [-0.39, 0.29) is 12.8 Å². The minimum absolute atomic E-state index is 0.0892. The van der Waals surface area contributed by atoms with Crippen molar-refractivity contribution < 1.29 is 134 Å². The molecule has 6 aliphatic rings. The first-order valence-electron chi connectivity index (χ1n) is 24.2. The van der Waals surface area contributed by atoms with Crippen molar-refractivity contribution in [1.29, 1.82) is 0 Å². The summed E-state index contributed by atoms with van der Waals surface area (Å²) in [5.41, 5.74) is -0.683. The van der Waals surface area contributed by atoms with E-state index in [4.69, 9.17) is 42.6 Å². The standard InChI is InChI=1S/C44H77NO27/c1-13-6-16(24(53)29(58)23(13)52)65-39-31(60)26(55)18(9-47)69-43(39)71-37-22(45-14(2)51)41(67-19(10-48)27(37)56)72-38-28(57)20(11-49)68-42(34(38)63)70-35-15(8-46)7-17(25(54)30(35)59)64-36-21(12-50)66-40(44(3,4)5)33(62)32(36)61/h13,15-43,46-50,52-63H,6-12H2,1-5H3,(H,45,51)/t13?,15?,16?,17?,18?,19?,20?,21?,22?,23?,24?,25?,26-,27-,28-,29?,30?,31?,32?,33?,34?,35-,36-,37+,38-,39?,40?,41-,42-,43?/m0/s1. The second-order valence-electron chi connectivity index (χ2n) is 20.9. The summed E-state index contributed by atoms with van der Waals surface area (Å²) >= 11 is 0. The molecule has 18 N–H and O–H groups in total. The van der Waals surface area contributed by atoms with E-state index in [1.807, 2.05) is 0 Å². The molecule has 4 aliphatic heterocycles. The minimum Gasteiger partial charge on any atom is -0.396 e. The Kier molecular flexibility index (Phi) is 20.6. The average molecular weight is 1050 g/mol. The molecule has 4 saturated heterocycles. The predicted molar refractivity (Wildman–Crippen MR) is 233 cm³/mol. The topological polar surface area (TPSA) is 456 Å². The Morgan fingerprint density at radius 3 is 1.50 bits per heavy atom. The van der Waals surface area contributed by atoms with Gasteiger partial charge in [0.05, 0.1) is 56.9 Å². The molecule has 30 atom stereocenters. The fraction of sp³-hybridized carbons (Fsp3) is 0.977. The molecule has 0 aromatic rings. The maximum absolute atomic E-state index is 12.8. The average Bonchev–Trinajstić information content (AvgIpc) is 3.33. The van der Waals surface area contributed by atoms with Gasteiger partial charge in [-0.05, 0) is 24.2 Å². The highest BCUT2D eigenvalue weighted by Crippen LogP contribution is 2.40. The molecule has 2 saturated carbocycles. The first-order chi connectivity index (χ1) is 33.8. The van der Waals surface area contributed by atoms with Crippen LogP contribution in [0.1, 0.15) is 47.5 Å². The normalized spacial score (nSPS) is 50.6. The minimum atomic E-state index is -2.13. The number of hydrogen-bond donors (Lipinski definition) is 18. The number of ether oxygens (including phenoxy) is 9. The summed E-state index contributed by atoms with van der Waals surface area (Å²) in [5, 5.41) is 188. The van der Waals surface area contributed by atoms with Crippen LogP contribution < -0.4 is 5.32 Å². The fourth-order valence-corrected chi connectivity index (χ4v) is 10.5. The highest BCUT2D eigenvalue weighted by Gasteiger charge is 2.58. The first-order valence-corrected chi connectivity index (χ1v) is 24.2. The third-order valence-corrected chi connectivity index (χ3v) is 14.7. The summed E-state index contributed by atoms with van der Waals surface area (Å²) in [7, 11) is 0. The second kappa shape index (κ2) is 24.8. The Labute approximate surface area is 414 Å². The molecule has 0 aromatic heterocycles. The van der Waals surface area contributed by atoms with Crippen molar-refractivity contribution in [2.24, 2.45) is 17.3 Å². The van der Waals surface area contributed by atoms with E-state index in [1.165, 1.54) is 0 Å². The van der Waals surface area contributed by atoms with Gasteiger partial charge in [0.25, 0.3) is 0 Å². The monoisotopic (exact) mass is 1050 g/mol. The molecule has 2 aliphatic carbocycles. The van der Waals surface area contributed by atoms with Crippen LogP contribution >= 0.6 is 0 Å². The summed E-state index contributed by atoms with van der Waals surface area (Å²) in [6.07, 6.45) is -46.0. The molecule has 6 rings (SSSR count). The number of carbonyl (C=O) groups is 1. The van der Waals surface area contributed by atoms with E-state index in [1.54, 1.807) is 27.7 Å². The van der Waals surface area contributed by atoms with Gasteiger partial charge in [0.2, 0.25) is 5.91 Å². The van der Waals surface area contributed by atoms with Crippen molar-refractivity contribution in [3.05, 3.63) is 0 Å². The molecule has 6 fully saturated rings. The number of aliphatic hydroxyl groups excluding tert-OH is 17. The Hall–Kier alpha value is -1.57. The van der Waals surface area contributed by atoms with Gasteiger partial charge in [-0.25, -0.2) is 0 Å². The lowest BCUT2D eigenvalue weighted by molar-refractivity contribution is -0.377. The Balaban J connectivity index is 1.23. The number of hydrogen-bond acceptors (Lipinski definition) is 27. The fourth-order valence-electron chi connectivity index (χ4n) is 10.5. The quantitative estimate of drug-likeness (QED) is 0.0682. The maximum atomic E-state index is 12.8. The van der Waals surface area contributed by atoms with Crippen LogP contribution in [0.25, 0.3) is 0 Å². The highest BCUT2D eigenvalue weighted by molar-refractivity contribution is 5.73. The van der Waals surface area contributed by atoms with Crippen molar-refractivity contribution in [3.63, 3.8) is 0 Å². The van der Waals surface area contributed by atoms with Crippen molar-refractivity contribution in [2.75, 3.05) is 33.0 Å². The molecule has 420 valence electrons. The number of nitrogens with one attached hydrogen (secondary N) is 1. The van der Waals surface area contributed by atoms with Crippen molar-refractivity contribution >= 4 is 5.91 Å². The molecule has 0 radical (unpaired) electrons. The SMILES string of the molecule is CC(=O)NC1[C@H](O[C@@H]2C(O)[C@H](O[C@H]3C(CO)CC(O[C@H]4C(CO)OC(C(C)(C)C)C(O)C4O)C(O)C3O)OC(CO)[C@@H]2O)OC(CO)[C@H](O)[C@@H]1OC1OC(CO)[C@H](O)C(O)C1OC1CC(C)C(O)C(O)C1O. The van der Waals surface area contributed by atoms with Crippen LogP contribution in [0.3, 0.4) is 0 Å². The summed E-state index contributed by atoms with van der Waals surface area (Å²) < 4.78 is 53.5. The zero-order valence-corrected chi connectivity index (χ0v) is 40.5. The van der Waals surface area contributed by atoms with Crippen LogP contribution in [0.15, 0.2) is 0 Å². The zero-order valence-electron chi connectivity index (χ0n) is 40.5. The lowest BCUT2D eigenvalue weighted by Crippen LogP contribution is -2.70. The van der Waals surface area contributed by atoms with Crippen molar-refractivity contribution in [3.8, 4) is 0 Å². The van der Waals surface area contributed by atoms with E-state index >= 15 is 0 Å². The predicted octanol–water partition coefficient (Wildman–Crippen LogP) is -9.51. The van der Waals surface area contributed by atoms with E-state index in [0.717, 1.165) is 6.92 Å². The van der Waals surface area contributed by atoms with Crippen LogP contribution in [0, 0.1) is 17.3 Å². The molecule has 1 amide bonds. The molecular formula is C44H77NO27. The lowest BCUT2D eigenvalue weighted by atomic mass is 9.79. The molecule has 28 nitrogen and oxygen atoms in total. The van der Waals surface area contributed by atoms with Crippen molar-refractivity contribution in [2.45, 2.75) is 219 Å². The van der Waals surface area contributed by atoms with Gasteiger partial charge >= 0.3 is 0 Å². The van der Waals surface area contributed by atoms with E-state index < -0.39 is 228 Å². The Morgan fingerprint density at radius 2 is 0.931 bits per heavy atom. The highest BCUT2D eigenvalue weighted by atomic mass is 16.8. The molecule has 4 heterocycles. The van der Waals surface area contributed by atoms with Crippen molar-refractivity contribution in [1.82, 2.24) is 5.32 Å². The molecular weight excluding hydrogens is 974 g/mol. The van der Waals surface area contributed by atoms with Gasteiger partial charge in [-0.3, -0.25) is 4.79 Å². The van der Waals surface area contributed by atoms with Gasteiger partial charge < -0.3 is 135 Å².